The minimum Gasteiger partial charge on any atom is -0.489 e. The Labute approximate surface area is 149 Å². The van der Waals surface area contributed by atoms with Crippen molar-refractivity contribution in [2.75, 3.05) is 22.8 Å². The lowest BCUT2D eigenvalue weighted by Crippen LogP contribution is -2.28. The zero-order chi connectivity index (χ0) is 17.3. The van der Waals surface area contributed by atoms with Crippen molar-refractivity contribution in [3.05, 3.63) is 54.9 Å². The van der Waals surface area contributed by atoms with Gasteiger partial charge in [-0.15, -0.1) is 0 Å². The van der Waals surface area contributed by atoms with E-state index in [1.807, 2.05) is 30.3 Å². The van der Waals surface area contributed by atoms with E-state index in [0.717, 1.165) is 22.9 Å². The van der Waals surface area contributed by atoms with Gasteiger partial charge in [0.2, 0.25) is 5.13 Å². The van der Waals surface area contributed by atoms with Crippen LogP contribution in [0.2, 0.25) is 0 Å². The fourth-order valence-corrected chi connectivity index (χ4v) is 4.31. The number of nitrogens with zero attached hydrogens (tertiary/aromatic N) is 3. The first-order chi connectivity index (χ1) is 12.1. The number of rotatable bonds is 4. The quantitative estimate of drug-likeness (QED) is 0.756. The second-order valence-corrected chi connectivity index (χ2v) is 7.78. The molecule has 0 amide bonds. The lowest BCUT2D eigenvalue weighted by molar-refractivity contribution is 0.313. The van der Waals surface area contributed by atoms with Crippen LogP contribution in [0.3, 0.4) is 0 Å². The molecular formula is C16H14N4O3S2. The second-order valence-electron chi connectivity index (χ2n) is 5.32. The summed E-state index contributed by atoms with van der Waals surface area (Å²) in [4.78, 5) is 6.07. The number of hydrogen-bond donors (Lipinski definition) is 1. The fourth-order valence-electron chi connectivity index (χ4n) is 2.64. The number of hydrogen-bond acceptors (Lipinski definition) is 7. The molecule has 0 radical (unpaired) electrons. The molecular weight excluding hydrogens is 360 g/mol. The van der Waals surface area contributed by atoms with E-state index in [9.17, 15) is 8.42 Å². The maximum atomic E-state index is 12.5. The zero-order valence-electron chi connectivity index (χ0n) is 13.0. The Kier molecular flexibility index (Phi) is 4.02. The van der Waals surface area contributed by atoms with Crippen molar-refractivity contribution >= 4 is 38.1 Å². The van der Waals surface area contributed by atoms with Gasteiger partial charge in [0, 0.05) is 23.3 Å². The normalized spacial score (nSPS) is 13.8. The summed E-state index contributed by atoms with van der Waals surface area (Å²) in [5.74, 6) is 0.537. The van der Waals surface area contributed by atoms with Crippen LogP contribution in [0.4, 0.5) is 16.5 Å². The van der Waals surface area contributed by atoms with Crippen LogP contribution in [0, 0.1) is 0 Å². The first-order valence-corrected chi connectivity index (χ1v) is 9.78. The van der Waals surface area contributed by atoms with Gasteiger partial charge in [0.15, 0.2) is 0 Å². The van der Waals surface area contributed by atoms with Gasteiger partial charge in [-0.3, -0.25) is 4.72 Å². The molecule has 7 nitrogen and oxygen atoms in total. The molecule has 0 saturated heterocycles. The number of anilines is 3. The molecule has 2 heterocycles. The summed E-state index contributed by atoms with van der Waals surface area (Å²) in [7, 11) is -3.74. The average molecular weight is 374 g/mol. The molecule has 0 atom stereocenters. The maximum absolute atomic E-state index is 12.5. The van der Waals surface area contributed by atoms with Gasteiger partial charge in [0.25, 0.3) is 10.0 Å². The van der Waals surface area contributed by atoms with Gasteiger partial charge in [0.1, 0.15) is 18.7 Å². The summed E-state index contributed by atoms with van der Waals surface area (Å²) >= 11 is 0.980. The summed E-state index contributed by atoms with van der Waals surface area (Å²) in [5, 5.41) is 0.226. The van der Waals surface area contributed by atoms with Crippen molar-refractivity contribution < 1.29 is 13.2 Å². The molecule has 4 rings (SSSR count). The molecule has 3 aromatic rings. The van der Waals surface area contributed by atoms with Gasteiger partial charge in [-0.2, -0.15) is 4.37 Å². The molecule has 1 aliphatic rings. The minimum atomic E-state index is -3.74. The highest BCUT2D eigenvalue weighted by atomic mass is 32.2. The van der Waals surface area contributed by atoms with Crippen molar-refractivity contribution in [3.63, 3.8) is 0 Å². The van der Waals surface area contributed by atoms with E-state index in [1.54, 1.807) is 12.1 Å². The molecule has 0 fully saturated rings. The van der Waals surface area contributed by atoms with E-state index in [-0.39, 0.29) is 10.0 Å². The minimum absolute atomic E-state index is 0.122. The predicted octanol–water partition coefficient (Wildman–Crippen LogP) is 2.87. The summed E-state index contributed by atoms with van der Waals surface area (Å²) in [6.45, 7) is 1.18. The van der Waals surface area contributed by atoms with E-state index >= 15 is 0 Å². The molecule has 0 aliphatic carbocycles. The molecule has 0 bridgehead atoms. The first-order valence-electron chi connectivity index (χ1n) is 7.52. The molecule has 25 heavy (non-hydrogen) atoms. The molecule has 0 spiro atoms. The van der Waals surface area contributed by atoms with Gasteiger partial charge < -0.3 is 9.64 Å². The summed E-state index contributed by atoms with van der Waals surface area (Å²) < 4.78 is 36.9. The van der Waals surface area contributed by atoms with E-state index in [2.05, 4.69) is 19.0 Å². The van der Waals surface area contributed by atoms with Gasteiger partial charge in [-0.25, -0.2) is 13.4 Å². The number of ether oxygens (including phenoxy) is 1. The van der Waals surface area contributed by atoms with Crippen LogP contribution in [-0.4, -0.2) is 30.9 Å². The molecule has 1 aromatic heterocycles. The van der Waals surface area contributed by atoms with E-state index in [1.165, 1.54) is 12.4 Å². The monoisotopic (exact) mass is 374 g/mol. The smallest absolute Gasteiger partial charge is 0.263 e. The van der Waals surface area contributed by atoms with Crippen LogP contribution in [0.5, 0.6) is 5.75 Å². The third-order valence-corrected chi connectivity index (χ3v) is 5.80. The Morgan fingerprint density at radius 3 is 2.76 bits per heavy atom. The number of benzene rings is 2. The third-order valence-electron chi connectivity index (χ3n) is 3.76. The lowest BCUT2D eigenvalue weighted by Gasteiger charge is -2.31. The highest BCUT2D eigenvalue weighted by molar-refractivity contribution is 7.93. The Balaban J connectivity index is 1.68. The zero-order valence-corrected chi connectivity index (χ0v) is 14.6. The largest absolute Gasteiger partial charge is 0.489 e. The maximum Gasteiger partial charge on any atom is 0.263 e. The standard InChI is InChI=1S/C16H14N4O3S2/c21-25(22,19-16-17-11-18-24-16)13-6-7-14-15(10-13)23-9-8-20(14)12-4-2-1-3-5-12/h1-7,10-11H,8-9H2,(H,17,18,19). The summed E-state index contributed by atoms with van der Waals surface area (Å²) in [6.07, 6.45) is 1.30. The highest BCUT2D eigenvalue weighted by Gasteiger charge is 2.23. The van der Waals surface area contributed by atoms with Crippen molar-refractivity contribution in [2.45, 2.75) is 4.90 Å². The first kappa shape index (κ1) is 15.9. The number of aromatic nitrogens is 2. The molecule has 1 aliphatic heterocycles. The van der Waals surface area contributed by atoms with Gasteiger partial charge >= 0.3 is 0 Å². The van der Waals surface area contributed by atoms with Crippen molar-refractivity contribution in [1.29, 1.82) is 0 Å². The molecule has 0 unspecified atom stereocenters. The summed E-state index contributed by atoms with van der Waals surface area (Å²) in [5.41, 5.74) is 1.88. The number of nitrogens with one attached hydrogen (secondary N) is 1. The van der Waals surface area contributed by atoms with E-state index < -0.39 is 10.0 Å². The molecule has 128 valence electrons. The average Bonchev–Trinajstić information content (AvgIpc) is 3.14. The van der Waals surface area contributed by atoms with Crippen molar-refractivity contribution in [1.82, 2.24) is 9.36 Å². The second kappa shape index (κ2) is 6.34. The van der Waals surface area contributed by atoms with Crippen LogP contribution >= 0.6 is 11.5 Å². The van der Waals surface area contributed by atoms with Gasteiger partial charge in [-0.05, 0) is 24.3 Å². The van der Waals surface area contributed by atoms with Crippen LogP contribution in [0.1, 0.15) is 0 Å². The summed E-state index contributed by atoms with van der Waals surface area (Å²) in [6, 6.07) is 14.8. The van der Waals surface area contributed by atoms with Gasteiger partial charge in [-0.1, -0.05) is 18.2 Å². The molecule has 0 saturated carbocycles. The van der Waals surface area contributed by atoms with Crippen LogP contribution in [0.25, 0.3) is 0 Å². The van der Waals surface area contributed by atoms with Crippen LogP contribution < -0.4 is 14.4 Å². The Bertz CT molecular complexity index is 976. The molecule has 1 N–H and O–H groups in total. The molecule has 9 heteroatoms. The SMILES string of the molecule is O=S(=O)(Nc1ncns1)c1ccc2c(c1)OCCN2c1ccccc1. The topological polar surface area (TPSA) is 84.4 Å². The lowest BCUT2D eigenvalue weighted by atomic mass is 10.2. The number of fused-ring (bicyclic) bond motifs is 1. The highest BCUT2D eigenvalue weighted by Crippen LogP contribution is 2.38. The van der Waals surface area contributed by atoms with E-state index in [4.69, 9.17) is 4.74 Å². The van der Waals surface area contributed by atoms with Crippen LogP contribution in [-0.2, 0) is 10.0 Å². The predicted molar refractivity (Wildman–Crippen MR) is 96.1 cm³/mol. The van der Waals surface area contributed by atoms with Crippen molar-refractivity contribution in [2.24, 2.45) is 0 Å². The molecule has 2 aromatic carbocycles. The Morgan fingerprint density at radius 2 is 2.00 bits per heavy atom. The number of para-hydroxylation sites is 1. The Hall–Kier alpha value is -2.65. The van der Waals surface area contributed by atoms with E-state index in [0.29, 0.717) is 18.9 Å². The number of sulfonamides is 1. The third kappa shape index (κ3) is 3.15. The Morgan fingerprint density at radius 1 is 1.16 bits per heavy atom. The van der Waals surface area contributed by atoms with Gasteiger partial charge in [0.05, 0.1) is 17.1 Å². The van der Waals surface area contributed by atoms with Crippen LogP contribution in [0.15, 0.2) is 59.8 Å². The fraction of sp³-hybridized carbons (Fsp3) is 0.125. The van der Waals surface area contributed by atoms with Crippen molar-refractivity contribution in [3.8, 4) is 5.75 Å².